The normalized spacial score (nSPS) is 28.7. The van der Waals surface area contributed by atoms with Gasteiger partial charge >= 0.3 is 0 Å². The zero-order valence-corrected chi connectivity index (χ0v) is 11.0. The van der Waals surface area contributed by atoms with Crippen LogP contribution in [0, 0.1) is 11.8 Å². The fourth-order valence-electron chi connectivity index (χ4n) is 3.55. The molecule has 3 N–H and O–H groups in total. The van der Waals surface area contributed by atoms with E-state index in [1.807, 2.05) is 0 Å². The van der Waals surface area contributed by atoms with E-state index in [-0.39, 0.29) is 6.61 Å². The molecule has 19 heavy (non-hydrogen) atoms. The molecule has 2 unspecified atom stereocenters. The topological polar surface area (TPSA) is 64.4 Å². The standard InChI is InChI=1S/C15H20N2O2/c16-14(18)9-19-17-15-12-5-6-13(15)8-11-4-2-1-3-10(11)7-12/h1-4,12-13,15,17H,5-9H2,(H2,16,18). The highest BCUT2D eigenvalue weighted by molar-refractivity contribution is 5.74. The Balaban J connectivity index is 1.70. The van der Waals surface area contributed by atoms with Crippen molar-refractivity contribution in [3.8, 4) is 0 Å². The molecule has 2 atom stereocenters. The number of carbonyl (C=O) groups excluding carboxylic acids is 1. The van der Waals surface area contributed by atoms with Gasteiger partial charge in [-0.2, -0.15) is 5.48 Å². The van der Waals surface area contributed by atoms with Crippen molar-refractivity contribution in [1.29, 1.82) is 0 Å². The number of benzene rings is 1. The molecular weight excluding hydrogens is 240 g/mol. The Kier molecular flexibility index (Phi) is 3.53. The Morgan fingerprint density at radius 2 is 1.79 bits per heavy atom. The maximum Gasteiger partial charge on any atom is 0.245 e. The second-order valence-corrected chi connectivity index (χ2v) is 5.67. The highest BCUT2D eigenvalue weighted by atomic mass is 16.6. The number of nitrogens with two attached hydrogens (primary N) is 1. The second kappa shape index (κ2) is 5.31. The lowest BCUT2D eigenvalue weighted by molar-refractivity contribution is -0.126. The Morgan fingerprint density at radius 1 is 1.21 bits per heavy atom. The Bertz CT molecular complexity index is 442. The molecule has 0 spiro atoms. The minimum atomic E-state index is -0.434. The van der Waals surface area contributed by atoms with E-state index in [9.17, 15) is 4.79 Å². The van der Waals surface area contributed by atoms with E-state index in [0.29, 0.717) is 17.9 Å². The number of hydrogen-bond donors (Lipinski definition) is 2. The van der Waals surface area contributed by atoms with Crippen molar-refractivity contribution in [2.24, 2.45) is 17.6 Å². The average Bonchev–Trinajstić information content (AvgIpc) is 2.65. The van der Waals surface area contributed by atoms with Gasteiger partial charge in [0.15, 0.2) is 0 Å². The lowest BCUT2D eigenvalue weighted by Gasteiger charge is -2.22. The predicted octanol–water partition coefficient (Wildman–Crippen LogP) is 1.19. The molecule has 1 aromatic rings. The summed E-state index contributed by atoms with van der Waals surface area (Å²) in [6.45, 7) is -0.0527. The number of rotatable bonds is 4. The van der Waals surface area contributed by atoms with Gasteiger partial charge in [-0.3, -0.25) is 9.63 Å². The van der Waals surface area contributed by atoms with Gasteiger partial charge < -0.3 is 5.73 Å². The van der Waals surface area contributed by atoms with E-state index in [1.54, 1.807) is 0 Å². The molecule has 102 valence electrons. The highest BCUT2D eigenvalue weighted by Gasteiger charge is 2.39. The van der Waals surface area contributed by atoms with E-state index < -0.39 is 5.91 Å². The van der Waals surface area contributed by atoms with Gasteiger partial charge in [-0.25, -0.2) is 0 Å². The molecular formula is C15H20N2O2. The lowest BCUT2D eigenvalue weighted by atomic mass is 9.94. The van der Waals surface area contributed by atoms with Crippen LogP contribution in [0.3, 0.4) is 0 Å². The van der Waals surface area contributed by atoms with Crippen molar-refractivity contribution in [3.63, 3.8) is 0 Å². The van der Waals surface area contributed by atoms with Crippen LogP contribution < -0.4 is 11.2 Å². The van der Waals surface area contributed by atoms with Crippen molar-refractivity contribution in [1.82, 2.24) is 5.48 Å². The van der Waals surface area contributed by atoms with Crippen LogP contribution in [0.25, 0.3) is 0 Å². The minimum absolute atomic E-state index is 0.0527. The zero-order valence-electron chi connectivity index (χ0n) is 11.0. The molecule has 1 aromatic carbocycles. The number of fused-ring (bicyclic) bond motifs is 3. The average molecular weight is 260 g/mol. The maximum atomic E-state index is 10.7. The van der Waals surface area contributed by atoms with Gasteiger partial charge in [0.05, 0.1) is 0 Å². The highest BCUT2D eigenvalue weighted by Crippen LogP contribution is 2.39. The molecule has 1 saturated carbocycles. The van der Waals surface area contributed by atoms with Gasteiger partial charge in [-0.1, -0.05) is 24.3 Å². The van der Waals surface area contributed by atoms with Gasteiger partial charge in [-0.05, 0) is 48.6 Å². The van der Waals surface area contributed by atoms with Crippen molar-refractivity contribution < 1.29 is 9.63 Å². The Labute approximate surface area is 113 Å². The summed E-state index contributed by atoms with van der Waals surface area (Å²) < 4.78 is 0. The Hall–Kier alpha value is -1.39. The summed E-state index contributed by atoms with van der Waals surface area (Å²) in [5.41, 5.74) is 11.1. The van der Waals surface area contributed by atoms with Gasteiger partial charge in [0.2, 0.25) is 5.91 Å². The molecule has 2 bridgehead atoms. The van der Waals surface area contributed by atoms with Crippen LogP contribution >= 0.6 is 0 Å². The van der Waals surface area contributed by atoms with E-state index in [1.165, 1.54) is 24.0 Å². The third kappa shape index (κ3) is 2.65. The van der Waals surface area contributed by atoms with Crippen LogP contribution in [0.5, 0.6) is 0 Å². The van der Waals surface area contributed by atoms with Crippen LogP contribution in [-0.2, 0) is 22.5 Å². The van der Waals surface area contributed by atoms with Crippen LogP contribution in [0.1, 0.15) is 24.0 Å². The monoisotopic (exact) mass is 260 g/mol. The molecule has 4 nitrogen and oxygen atoms in total. The molecule has 0 radical (unpaired) electrons. The first-order chi connectivity index (χ1) is 9.24. The minimum Gasteiger partial charge on any atom is -0.368 e. The third-order valence-corrected chi connectivity index (χ3v) is 4.44. The molecule has 2 aliphatic carbocycles. The van der Waals surface area contributed by atoms with Gasteiger partial charge in [-0.15, -0.1) is 0 Å². The summed E-state index contributed by atoms with van der Waals surface area (Å²) in [6, 6.07) is 9.04. The first-order valence-corrected chi connectivity index (χ1v) is 6.96. The van der Waals surface area contributed by atoms with Crippen molar-refractivity contribution in [3.05, 3.63) is 35.4 Å². The summed E-state index contributed by atoms with van der Waals surface area (Å²) in [5.74, 6) is 0.764. The molecule has 1 amide bonds. The fourth-order valence-corrected chi connectivity index (χ4v) is 3.55. The molecule has 1 fully saturated rings. The summed E-state index contributed by atoms with van der Waals surface area (Å²) >= 11 is 0. The summed E-state index contributed by atoms with van der Waals surface area (Å²) in [5, 5.41) is 0. The smallest absolute Gasteiger partial charge is 0.245 e. The molecule has 0 heterocycles. The maximum absolute atomic E-state index is 10.7. The SMILES string of the molecule is NC(=O)CONC1C2CCC1Cc1ccccc1C2. The van der Waals surface area contributed by atoms with Gasteiger partial charge in [0, 0.05) is 6.04 Å². The quantitative estimate of drug-likeness (QED) is 0.799. The number of primary amides is 1. The van der Waals surface area contributed by atoms with Crippen molar-refractivity contribution >= 4 is 5.91 Å². The molecule has 0 aliphatic heterocycles. The third-order valence-electron chi connectivity index (χ3n) is 4.44. The first-order valence-electron chi connectivity index (χ1n) is 6.96. The zero-order chi connectivity index (χ0) is 13.2. The predicted molar refractivity (Wildman–Crippen MR) is 72.1 cm³/mol. The number of carbonyl (C=O) groups is 1. The number of hydroxylamine groups is 1. The van der Waals surface area contributed by atoms with E-state index in [2.05, 4.69) is 29.7 Å². The fraction of sp³-hybridized carbons (Fsp3) is 0.533. The Morgan fingerprint density at radius 3 is 2.32 bits per heavy atom. The summed E-state index contributed by atoms with van der Waals surface area (Å²) in [6.07, 6.45) is 4.67. The van der Waals surface area contributed by atoms with Crippen LogP contribution in [0.2, 0.25) is 0 Å². The lowest BCUT2D eigenvalue weighted by Crippen LogP contribution is -2.39. The van der Waals surface area contributed by atoms with Gasteiger partial charge in [0.25, 0.3) is 0 Å². The van der Waals surface area contributed by atoms with Crippen LogP contribution in [0.15, 0.2) is 24.3 Å². The van der Waals surface area contributed by atoms with Crippen LogP contribution in [0.4, 0.5) is 0 Å². The largest absolute Gasteiger partial charge is 0.368 e. The van der Waals surface area contributed by atoms with Crippen molar-refractivity contribution in [2.75, 3.05) is 6.61 Å². The molecule has 0 aromatic heterocycles. The van der Waals surface area contributed by atoms with E-state index in [0.717, 1.165) is 12.8 Å². The summed E-state index contributed by atoms with van der Waals surface area (Å²) in [4.78, 5) is 16.0. The molecule has 3 rings (SSSR count). The van der Waals surface area contributed by atoms with Crippen LogP contribution in [-0.4, -0.2) is 18.6 Å². The van der Waals surface area contributed by atoms with Gasteiger partial charge in [0.1, 0.15) is 6.61 Å². The van der Waals surface area contributed by atoms with E-state index in [4.69, 9.17) is 10.6 Å². The molecule has 2 aliphatic rings. The van der Waals surface area contributed by atoms with Crippen molar-refractivity contribution in [2.45, 2.75) is 31.7 Å². The molecule has 4 heteroatoms. The number of amides is 1. The number of nitrogens with one attached hydrogen (secondary N) is 1. The number of hydrogen-bond acceptors (Lipinski definition) is 3. The summed E-state index contributed by atoms with van der Waals surface area (Å²) in [7, 11) is 0. The first kappa shape index (κ1) is 12.6. The second-order valence-electron chi connectivity index (χ2n) is 5.67. The molecule has 0 saturated heterocycles. The van der Waals surface area contributed by atoms with E-state index >= 15 is 0 Å².